The molecule has 0 bridgehead atoms. The average Bonchev–Trinajstić information content (AvgIpc) is 3.26. The van der Waals surface area contributed by atoms with Crippen LogP contribution in [0.4, 0.5) is 4.79 Å². The van der Waals surface area contributed by atoms with Gasteiger partial charge in [0.05, 0.1) is 11.5 Å². The average molecular weight is 587 g/mol. The van der Waals surface area contributed by atoms with Crippen molar-refractivity contribution in [1.29, 1.82) is 0 Å². The lowest BCUT2D eigenvalue weighted by atomic mass is 9.89. The van der Waals surface area contributed by atoms with Crippen LogP contribution < -0.4 is 5.73 Å². The Labute approximate surface area is 234 Å². The van der Waals surface area contributed by atoms with Gasteiger partial charge in [-0.15, -0.1) is 0 Å². The molecule has 4 rings (SSSR count). The first-order valence-corrected chi connectivity index (χ1v) is 15.4. The van der Waals surface area contributed by atoms with Gasteiger partial charge in [-0.25, -0.2) is 13.2 Å². The van der Waals surface area contributed by atoms with Crippen molar-refractivity contribution in [3.8, 4) is 0 Å². The van der Waals surface area contributed by atoms with Crippen molar-refractivity contribution in [3.05, 3.63) is 35.9 Å². The molecule has 4 unspecified atom stereocenters. The molecule has 13 heteroatoms. The summed E-state index contributed by atoms with van der Waals surface area (Å²) in [6.07, 6.45) is -4.15. The number of aliphatic imine (C=N–C) groups is 1. The Morgan fingerprint density at radius 3 is 2.23 bits per heavy atom. The summed E-state index contributed by atoms with van der Waals surface area (Å²) < 4.78 is 62.8. The highest BCUT2D eigenvalue weighted by Crippen LogP contribution is 2.49. The minimum absolute atomic E-state index is 0.148. The zero-order valence-electron chi connectivity index (χ0n) is 23.3. The molecule has 1 aromatic rings. The minimum Gasteiger partial charge on any atom is -0.439 e. The largest absolute Gasteiger partial charge is 0.439 e. The van der Waals surface area contributed by atoms with Gasteiger partial charge in [-0.2, -0.15) is 0 Å². The van der Waals surface area contributed by atoms with E-state index in [-0.39, 0.29) is 11.5 Å². The van der Waals surface area contributed by atoms with Crippen LogP contribution in [0.3, 0.4) is 0 Å². The Kier molecular flexibility index (Phi) is 8.46. The number of methoxy groups -OCH3 is 2. The molecule has 1 amide bonds. The van der Waals surface area contributed by atoms with Crippen LogP contribution in [-0.2, 0) is 44.0 Å². The first kappa shape index (κ1) is 30.2. The summed E-state index contributed by atoms with van der Waals surface area (Å²) >= 11 is 1.27. The Bertz CT molecular complexity index is 1190. The normalized spacial score (nSPS) is 35.5. The SMILES string of the molecule is COC1(C)OC2[C@@H](CS(=O)(=O)Cc3ccccc3)O[C@@H]3SC(C(OC(N)=O)C(C)(C)C)=N[C@@H]3[C@H]2OC1(C)OC. The molecular formula is C26H38N2O9S2. The smallest absolute Gasteiger partial charge is 0.405 e. The molecule has 0 saturated carbocycles. The maximum Gasteiger partial charge on any atom is 0.405 e. The molecule has 2 N–H and O–H groups in total. The quantitative estimate of drug-likeness (QED) is 0.483. The number of carbonyl (C=O) groups is 1. The van der Waals surface area contributed by atoms with Crippen LogP contribution in [-0.4, -0.2) is 87.0 Å². The van der Waals surface area contributed by atoms with E-state index in [1.807, 2.05) is 26.8 Å². The van der Waals surface area contributed by atoms with E-state index in [1.165, 1.54) is 26.0 Å². The number of amides is 1. The molecule has 2 saturated heterocycles. The fraction of sp³-hybridized carbons (Fsp3) is 0.692. The Morgan fingerprint density at radius 2 is 1.69 bits per heavy atom. The summed E-state index contributed by atoms with van der Waals surface area (Å²) in [6, 6.07) is 8.36. The molecule has 39 heavy (non-hydrogen) atoms. The topological polar surface area (TPSA) is 145 Å². The van der Waals surface area contributed by atoms with Crippen LogP contribution in [0.15, 0.2) is 35.3 Å². The molecule has 0 aliphatic carbocycles. The molecule has 218 valence electrons. The number of rotatable bonds is 8. The van der Waals surface area contributed by atoms with Gasteiger partial charge in [0, 0.05) is 19.6 Å². The maximum atomic E-state index is 13.3. The molecule has 8 atom stereocenters. The molecule has 0 aromatic heterocycles. The predicted octanol–water partition coefficient (Wildman–Crippen LogP) is 2.86. The third kappa shape index (κ3) is 6.14. The molecule has 11 nitrogen and oxygen atoms in total. The summed E-state index contributed by atoms with van der Waals surface area (Å²) in [5.74, 6) is -3.17. The van der Waals surface area contributed by atoms with E-state index in [9.17, 15) is 13.2 Å². The van der Waals surface area contributed by atoms with E-state index in [4.69, 9.17) is 39.1 Å². The lowest BCUT2D eigenvalue weighted by Crippen LogP contribution is -2.72. The predicted molar refractivity (Wildman–Crippen MR) is 146 cm³/mol. The lowest BCUT2D eigenvalue weighted by molar-refractivity contribution is -0.462. The van der Waals surface area contributed by atoms with Crippen molar-refractivity contribution in [1.82, 2.24) is 0 Å². The Hall–Kier alpha value is -1.74. The first-order chi connectivity index (χ1) is 18.1. The Morgan fingerprint density at radius 1 is 1.10 bits per heavy atom. The van der Waals surface area contributed by atoms with Crippen molar-refractivity contribution in [2.75, 3.05) is 20.0 Å². The number of ether oxygens (including phenoxy) is 6. The van der Waals surface area contributed by atoms with E-state index >= 15 is 0 Å². The van der Waals surface area contributed by atoms with Gasteiger partial charge in [-0.05, 0) is 19.4 Å². The molecular weight excluding hydrogens is 548 g/mol. The summed E-state index contributed by atoms with van der Waals surface area (Å²) in [5, 5.41) is 0.505. The number of carbonyl (C=O) groups excluding carboxylic acids is 1. The second-order valence-corrected chi connectivity index (χ2v) is 14.5. The zero-order chi connectivity index (χ0) is 28.8. The Balaban J connectivity index is 1.69. The lowest BCUT2D eigenvalue weighted by Gasteiger charge is -2.56. The number of fused-ring (bicyclic) bond motifs is 3. The van der Waals surface area contributed by atoms with Crippen LogP contribution in [0, 0.1) is 5.41 Å². The number of primary amides is 1. The summed E-state index contributed by atoms with van der Waals surface area (Å²) in [6.45, 7) is 9.07. The molecule has 0 spiro atoms. The van der Waals surface area contributed by atoms with Crippen molar-refractivity contribution >= 4 is 32.7 Å². The standard InChI is InChI=1S/C26H38N2O9S2/c1-24(2,3)20(35-23(27)29)21-28-17-19-18(36-25(4,32-6)26(5,33-7)37-19)16(34-22(17)38-21)14-39(30,31)13-15-11-9-8-10-12-15/h8-12,16-20,22H,13-14H2,1-7H3,(H2,27,29)/t16-,17-,18?,19-,20?,22-,25?,26?/m1/s1. The number of nitrogens with zero attached hydrogens (tertiary/aromatic N) is 1. The van der Waals surface area contributed by atoms with Crippen LogP contribution in [0.1, 0.15) is 40.2 Å². The van der Waals surface area contributed by atoms with Gasteiger partial charge in [0.25, 0.3) is 0 Å². The van der Waals surface area contributed by atoms with Gasteiger partial charge in [-0.1, -0.05) is 62.9 Å². The van der Waals surface area contributed by atoms with Gasteiger partial charge in [0.2, 0.25) is 11.6 Å². The number of benzene rings is 1. The van der Waals surface area contributed by atoms with Crippen LogP contribution in [0.5, 0.6) is 0 Å². The van der Waals surface area contributed by atoms with Crippen LogP contribution in [0.25, 0.3) is 0 Å². The first-order valence-electron chi connectivity index (χ1n) is 12.7. The number of nitrogens with two attached hydrogens (primary N) is 1. The second kappa shape index (κ2) is 10.9. The number of sulfone groups is 1. The third-order valence-corrected chi connectivity index (χ3v) is 10.1. The molecule has 0 radical (unpaired) electrons. The number of hydrogen-bond acceptors (Lipinski definition) is 11. The summed E-state index contributed by atoms with van der Waals surface area (Å²) in [4.78, 5) is 16.6. The second-order valence-electron chi connectivity index (χ2n) is 11.3. The monoisotopic (exact) mass is 586 g/mol. The number of hydrogen-bond donors (Lipinski definition) is 1. The van der Waals surface area contributed by atoms with E-state index in [0.29, 0.717) is 10.6 Å². The minimum atomic E-state index is -3.63. The fourth-order valence-electron chi connectivity index (χ4n) is 5.01. The zero-order valence-corrected chi connectivity index (χ0v) is 24.9. The van der Waals surface area contributed by atoms with Gasteiger partial charge in [0.15, 0.2) is 15.9 Å². The van der Waals surface area contributed by atoms with Gasteiger partial charge in [0.1, 0.15) is 34.8 Å². The fourth-order valence-corrected chi connectivity index (χ4v) is 8.10. The van der Waals surface area contributed by atoms with Gasteiger partial charge in [-0.3, -0.25) is 4.99 Å². The molecule has 3 aliphatic heterocycles. The summed E-state index contributed by atoms with van der Waals surface area (Å²) in [5.41, 5.74) is 4.90. The van der Waals surface area contributed by atoms with Crippen molar-refractivity contribution in [3.63, 3.8) is 0 Å². The highest BCUT2D eigenvalue weighted by atomic mass is 32.2. The van der Waals surface area contributed by atoms with E-state index in [1.54, 1.807) is 38.1 Å². The van der Waals surface area contributed by atoms with Crippen LogP contribution >= 0.6 is 11.8 Å². The molecule has 3 aliphatic rings. The highest BCUT2D eigenvalue weighted by Gasteiger charge is 2.64. The summed E-state index contributed by atoms with van der Waals surface area (Å²) in [7, 11) is -0.682. The maximum absolute atomic E-state index is 13.3. The van der Waals surface area contributed by atoms with E-state index in [2.05, 4.69) is 0 Å². The highest BCUT2D eigenvalue weighted by molar-refractivity contribution is 8.14. The van der Waals surface area contributed by atoms with Crippen molar-refractivity contribution in [2.24, 2.45) is 16.1 Å². The van der Waals surface area contributed by atoms with Crippen molar-refractivity contribution < 1.29 is 41.6 Å². The molecule has 2 fully saturated rings. The van der Waals surface area contributed by atoms with E-state index < -0.39 is 68.8 Å². The molecule has 1 aromatic carbocycles. The van der Waals surface area contributed by atoms with Crippen LogP contribution in [0.2, 0.25) is 0 Å². The van der Waals surface area contributed by atoms with Gasteiger partial charge >= 0.3 is 6.09 Å². The number of thioether (sulfide) groups is 1. The third-order valence-electron chi connectivity index (χ3n) is 7.35. The van der Waals surface area contributed by atoms with Gasteiger partial charge < -0.3 is 34.2 Å². The van der Waals surface area contributed by atoms with E-state index in [0.717, 1.165) is 0 Å². The molecule has 3 heterocycles. The van der Waals surface area contributed by atoms with Crippen molar-refractivity contribution in [2.45, 2.75) is 87.8 Å².